The van der Waals surface area contributed by atoms with Crippen molar-refractivity contribution >= 4 is 38.1 Å². The Morgan fingerprint density at radius 3 is 2.87 bits per heavy atom. The summed E-state index contributed by atoms with van der Waals surface area (Å²) in [4.78, 5) is 0. The monoisotopic (exact) mass is 334 g/mol. The molecule has 0 aromatic carbocycles. The smallest absolute Gasteiger partial charge is 0.129 e. The number of nitrogens with zero attached hydrogens (tertiary/aromatic N) is 2. The highest BCUT2D eigenvalue weighted by molar-refractivity contribution is 9.11. The number of aromatic nitrogens is 2. The van der Waals surface area contributed by atoms with Gasteiger partial charge in [0.15, 0.2) is 0 Å². The average molecular weight is 336 g/mol. The fourth-order valence-corrected chi connectivity index (χ4v) is 2.15. The molecule has 0 aliphatic carbocycles. The molecule has 0 aliphatic rings. The summed E-state index contributed by atoms with van der Waals surface area (Å²) in [6, 6.07) is 1.87. The molecule has 0 bridgehead atoms. The van der Waals surface area contributed by atoms with Gasteiger partial charge < -0.3 is 10.7 Å². The minimum Gasteiger partial charge on any atom is -0.391 e. The Bertz CT molecular complexity index is 370. The van der Waals surface area contributed by atoms with E-state index in [1.807, 2.05) is 19.2 Å². The van der Waals surface area contributed by atoms with E-state index in [0.717, 1.165) is 21.3 Å². The topological polar surface area (TPSA) is 53.7 Å². The van der Waals surface area contributed by atoms with Gasteiger partial charge in [-0.05, 0) is 38.8 Å². The summed E-state index contributed by atoms with van der Waals surface area (Å²) in [6.45, 7) is 3.43. The molecule has 1 rings (SSSR count). The Balaban J connectivity index is 2.74. The number of nitrogens with one attached hydrogen (secondary N) is 2. The largest absolute Gasteiger partial charge is 0.391 e. The minimum atomic E-state index is 0.572. The third-order valence-corrected chi connectivity index (χ3v) is 2.74. The average Bonchev–Trinajstić information content (AvgIpc) is 2.52. The molecule has 0 saturated heterocycles. The van der Waals surface area contributed by atoms with Crippen molar-refractivity contribution in [3.63, 3.8) is 0 Å². The molecule has 1 heterocycles. The van der Waals surface area contributed by atoms with Gasteiger partial charge in [0, 0.05) is 30.6 Å². The van der Waals surface area contributed by atoms with Crippen LogP contribution in [0.15, 0.2) is 27.0 Å². The standard InChI is InChI=1S/C9H12Br2N4/c1-2-13-5-7(4-12)6-15-9(11)3-8(10)14-15/h3-5,12-13H,2,6H2,1H3/b7-5+,12-4?. The predicted molar refractivity (Wildman–Crippen MR) is 68.2 cm³/mol. The van der Waals surface area contributed by atoms with Gasteiger partial charge in [0.05, 0.1) is 6.54 Å². The molecule has 82 valence electrons. The maximum Gasteiger partial charge on any atom is 0.129 e. The van der Waals surface area contributed by atoms with Gasteiger partial charge in [-0.2, -0.15) is 5.10 Å². The maximum absolute atomic E-state index is 7.26. The van der Waals surface area contributed by atoms with Crippen molar-refractivity contribution in [2.75, 3.05) is 6.54 Å². The Morgan fingerprint density at radius 2 is 2.40 bits per heavy atom. The Kier molecular flexibility index (Phi) is 5.04. The summed E-state index contributed by atoms with van der Waals surface area (Å²) in [5.41, 5.74) is 0.869. The predicted octanol–water partition coefficient (Wildman–Crippen LogP) is 2.55. The second-order valence-electron chi connectivity index (χ2n) is 2.87. The van der Waals surface area contributed by atoms with E-state index in [4.69, 9.17) is 5.41 Å². The van der Waals surface area contributed by atoms with Gasteiger partial charge in [-0.1, -0.05) is 0 Å². The third kappa shape index (κ3) is 3.79. The zero-order valence-electron chi connectivity index (χ0n) is 8.30. The zero-order valence-corrected chi connectivity index (χ0v) is 11.5. The molecule has 15 heavy (non-hydrogen) atoms. The number of halogens is 2. The van der Waals surface area contributed by atoms with E-state index in [-0.39, 0.29) is 0 Å². The number of allylic oxidation sites excluding steroid dienone is 1. The van der Waals surface area contributed by atoms with Crippen LogP contribution in [0.4, 0.5) is 0 Å². The van der Waals surface area contributed by atoms with Crippen LogP contribution in [0.1, 0.15) is 6.92 Å². The van der Waals surface area contributed by atoms with Crippen LogP contribution in [-0.2, 0) is 6.54 Å². The van der Waals surface area contributed by atoms with E-state index in [2.05, 4.69) is 42.3 Å². The second-order valence-corrected chi connectivity index (χ2v) is 4.49. The van der Waals surface area contributed by atoms with Gasteiger partial charge in [-0.15, -0.1) is 0 Å². The molecule has 0 atom stereocenters. The first-order chi connectivity index (χ1) is 7.17. The van der Waals surface area contributed by atoms with E-state index in [1.54, 1.807) is 4.68 Å². The van der Waals surface area contributed by atoms with Crippen molar-refractivity contribution in [2.45, 2.75) is 13.5 Å². The highest BCUT2D eigenvalue weighted by Crippen LogP contribution is 2.16. The molecule has 6 heteroatoms. The van der Waals surface area contributed by atoms with Crippen LogP contribution < -0.4 is 5.32 Å². The zero-order chi connectivity index (χ0) is 11.3. The van der Waals surface area contributed by atoms with Gasteiger partial charge in [-0.3, -0.25) is 4.68 Å². The van der Waals surface area contributed by atoms with Crippen molar-refractivity contribution in [3.05, 3.63) is 27.0 Å². The second kappa shape index (κ2) is 6.07. The van der Waals surface area contributed by atoms with Gasteiger partial charge in [0.1, 0.15) is 9.21 Å². The number of rotatable bonds is 5. The van der Waals surface area contributed by atoms with Crippen molar-refractivity contribution in [3.8, 4) is 0 Å². The SMILES string of the molecule is CCN/C=C(\C=N)Cn1nc(Br)cc1Br. The minimum absolute atomic E-state index is 0.572. The van der Waals surface area contributed by atoms with Crippen LogP contribution in [0, 0.1) is 5.41 Å². The molecule has 0 aliphatic heterocycles. The molecular formula is C9H12Br2N4. The lowest BCUT2D eigenvalue weighted by Gasteiger charge is -2.04. The first-order valence-electron chi connectivity index (χ1n) is 4.49. The lowest BCUT2D eigenvalue weighted by atomic mass is 10.3. The van der Waals surface area contributed by atoms with Crippen molar-refractivity contribution in [1.82, 2.24) is 15.1 Å². The van der Waals surface area contributed by atoms with Crippen molar-refractivity contribution in [2.24, 2.45) is 0 Å². The summed E-state index contributed by atoms with van der Waals surface area (Å²) in [5.74, 6) is 0. The lowest BCUT2D eigenvalue weighted by Crippen LogP contribution is -2.10. The van der Waals surface area contributed by atoms with Crippen molar-refractivity contribution < 1.29 is 0 Å². The highest BCUT2D eigenvalue weighted by Gasteiger charge is 2.04. The summed E-state index contributed by atoms with van der Waals surface area (Å²) in [7, 11) is 0. The summed E-state index contributed by atoms with van der Waals surface area (Å²) in [5, 5.41) is 14.5. The fraction of sp³-hybridized carbons (Fsp3) is 0.333. The van der Waals surface area contributed by atoms with E-state index < -0.39 is 0 Å². The van der Waals surface area contributed by atoms with E-state index in [9.17, 15) is 0 Å². The van der Waals surface area contributed by atoms with E-state index >= 15 is 0 Å². The lowest BCUT2D eigenvalue weighted by molar-refractivity contribution is 0.667. The normalized spacial score (nSPS) is 11.5. The van der Waals surface area contributed by atoms with Gasteiger partial charge in [0.2, 0.25) is 0 Å². The summed E-state index contributed by atoms with van der Waals surface area (Å²) >= 11 is 6.68. The molecule has 0 fully saturated rings. The molecule has 0 radical (unpaired) electrons. The van der Waals surface area contributed by atoms with Crippen molar-refractivity contribution in [1.29, 1.82) is 5.41 Å². The summed E-state index contributed by atoms with van der Waals surface area (Å²) < 4.78 is 3.44. The van der Waals surface area contributed by atoms with E-state index in [0.29, 0.717) is 6.54 Å². The summed E-state index contributed by atoms with van der Waals surface area (Å²) in [6.07, 6.45) is 3.15. The van der Waals surface area contributed by atoms with Gasteiger partial charge >= 0.3 is 0 Å². The van der Waals surface area contributed by atoms with Crippen LogP contribution in [-0.4, -0.2) is 22.5 Å². The molecule has 0 spiro atoms. The number of hydrogen-bond donors (Lipinski definition) is 2. The molecule has 0 unspecified atom stereocenters. The molecule has 2 N–H and O–H groups in total. The first kappa shape index (κ1) is 12.4. The fourth-order valence-electron chi connectivity index (χ4n) is 1.01. The first-order valence-corrected chi connectivity index (χ1v) is 6.07. The quantitative estimate of drug-likeness (QED) is 0.812. The van der Waals surface area contributed by atoms with Gasteiger partial charge in [-0.25, -0.2) is 0 Å². The van der Waals surface area contributed by atoms with E-state index in [1.165, 1.54) is 6.21 Å². The highest BCUT2D eigenvalue weighted by atomic mass is 79.9. The van der Waals surface area contributed by atoms with Gasteiger partial charge in [0.25, 0.3) is 0 Å². The molecule has 0 amide bonds. The molecule has 0 saturated carbocycles. The molecule has 4 nitrogen and oxygen atoms in total. The Labute approximate surface area is 106 Å². The molecule has 1 aromatic rings. The Hall–Kier alpha value is -0.620. The molecule has 1 aromatic heterocycles. The molecular weight excluding hydrogens is 324 g/mol. The van der Waals surface area contributed by atoms with Crippen LogP contribution in [0.2, 0.25) is 0 Å². The van der Waals surface area contributed by atoms with Crippen LogP contribution in [0.3, 0.4) is 0 Å². The third-order valence-electron chi connectivity index (χ3n) is 1.71. The number of hydrogen-bond acceptors (Lipinski definition) is 3. The Morgan fingerprint density at radius 1 is 1.67 bits per heavy atom. The maximum atomic E-state index is 7.26. The van der Waals surface area contributed by atoms with Crippen LogP contribution >= 0.6 is 31.9 Å². The van der Waals surface area contributed by atoms with Crippen LogP contribution in [0.5, 0.6) is 0 Å². The van der Waals surface area contributed by atoms with Crippen LogP contribution in [0.25, 0.3) is 0 Å².